The van der Waals surface area contributed by atoms with Crippen LogP contribution in [0.2, 0.25) is 5.02 Å². The van der Waals surface area contributed by atoms with E-state index in [0.717, 1.165) is 49.7 Å². The molecule has 0 amide bonds. The van der Waals surface area contributed by atoms with Gasteiger partial charge in [-0.3, -0.25) is 0 Å². The predicted molar refractivity (Wildman–Crippen MR) is 81.1 cm³/mol. The summed E-state index contributed by atoms with van der Waals surface area (Å²) in [6.07, 6.45) is 2.18. The number of rotatable bonds is 5. The lowest BCUT2D eigenvalue weighted by Gasteiger charge is -2.33. The Balaban J connectivity index is 2.05. The second kappa shape index (κ2) is 7.13. The maximum Gasteiger partial charge on any atom is 0.0485 e. The van der Waals surface area contributed by atoms with Gasteiger partial charge in [0.15, 0.2) is 0 Å². The Morgan fingerprint density at radius 3 is 2.74 bits per heavy atom. The molecule has 0 radical (unpaired) electrons. The molecule has 3 nitrogen and oxygen atoms in total. The van der Waals surface area contributed by atoms with E-state index in [9.17, 15) is 0 Å². The van der Waals surface area contributed by atoms with Crippen molar-refractivity contribution >= 4 is 17.3 Å². The summed E-state index contributed by atoms with van der Waals surface area (Å²) in [5.41, 5.74) is 2.35. The number of ether oxygens (including phenoxy) is 1. The monoisotopic (exact) mass is 282 g/mol. The van der Waals surface area contributed by atoms with E-state index in [0.29, 0.717) is 6.04 Å². The third-order valence-electron chi connectivity index (χ3n) is 3.75. The van der Waals surface area contributed by atoms with Gasteiger partial charge in [-0.25, -0.2) is 0 Å². The van der Waals surface area contributed by atoms with Gasteiger partial charge in [-0.05, 0) is 37.1 Å². The third kappa shape index (κ3) is 3.85. The SMILES string of the molecule is CCNCc1ccc(N(C)C2CCOCC2)cc1Cl. The van der Waals surface area contributed by atoms with Gasteiger partial charge in [0.05, 0.1) is 0 Å². The summed E-state index contributed by atoms with van der Waals surface area (Å²) >= 11 is 6.36. The highest BCUT2D eigenvalue weighted by molar-refractivity contribution is 6.31. The van der Waals surface area contributed by atoms with Crippen LogP contribution >= 0.6 is 11.6 Å². The van der Waals surface area contributed by atoms with Gasteiger partial charge in [0.2, 0.25) is 0 Å². The van der Waals surface area contributed by atoms with Crippen molar-refractivity contribution in [2.75, 3.05) is 31.7 Å². The van der Waals surface area contributed by atoms with Gasteiger partial charge in [0.25, 0.3) is 0 Å². The normalized spacial score (nSPS) is 16.6. The van der Waals surface area contributed by atoms with E-state index >= 15 is 0 Å². The Kier molecular flexibility index (Phi) is 5.49. The molecular formula is C15H23ClN2O. The van der Waals surface area contributed by atoms with Crippen molar-refractivity contribution in [2.45, 2.75) is 32.4 Å². The number of hydrogen-bond donors (Lipinski definition) is 1. The molecule has 0 aromatic heterocycles. The highest BCUT2D eigenvalue weighted by Crippen LogP contribution is 2.26. The van der Waals surface area contributed by atoms with Crippen molar-refractivity contribution in [2.24, 2.45) is 0 Å². The van der Waals surface area contributed by atoms with Crippen LogP contribution in [0.15, 0.2) is 18.2 Å². The highest BCUT2D eigenvalue weighted by Gasteiger charge is 2.19. The molecule has 106 valence electrons. The van der Waals surface area contributed by atoms with Gasteiger partial charge in [0, 0.05) is 43.6 Å². The second-order valence-electron chi connectivity index (χ2n) is 5.01. The largest absolute Gasteiger partial charge is 0.381 e. The summed E-state index contributed by atoms with van der Waals surface area (Å²) in [6.45, 7) is 5.61. The lowest BCUT2D eigenvalue weighted by Crippen LogP contribution is -2.36. The zero-order valence-corrected chi connectivity index (χ0v) is 12.5. The van der Waals surface area contributed by atoms with Gasteiger partial charge in [0.1, 0.15) is 0 Å². The molecule has 0 spiro atoms. The first-order valence-corrected chi connectivity index (χ1v) is 7.40. The van der Waals surface area contributed by atoms with Crippen molar-refractivity contribution in [1.29, 1.82) is 0 Å². The molecule has 1 N–H and O–H groups in total. The molecule has 0 bridgehead atoms. The van der Waals surface area contributed by atoms with E-state index in [4.69, 9.17) is 16.3 Å². The van der Waals surface area contributed by atoms with Crippen LogP contribution in [0.3, 0.4) is 0 Å². The molecule has 0 saturated carbocycles. The van der Waals surface area contributed by atoms with E-state index in [-0.39, 0.29) is 0 Å². The minimum absolute atomic E-state index is 0.560. The Morgan fingerprint density at radius 2 is 2.11 bits per heavy atom. The molecule has 1 aliphatic rings. The molecule has 2 rings (SSSR count). The second-order valence-corrected chi connectivity index (χ2v) is 5.42. The van der Waals surface area contributed by atoms with Crippen LogP contribution in [0.4, 0.5) is 5.69 Å². The molecule has 0 atom stereocenters. The number of anilines is 1. The molecule has 0 unspecified atom stereocenters. The van der Waals surface area contributed by atoms with Crippen LogP contribution in [-0.2, 0) is 11.3 Å². The number of hydrogen-bond acceptors (Lipinski definition) is 3. The number of halogens is 1. The molecule has 1 aromatic carbocycles. The first-order valence-electron chi connectivity index (χ1n) is 7.02. The fourth-order valence-electron chi connectivity index (χ4n) is 2.44. The van der Waals surface area contributed by atoms with Crippen molar-refractivity contribution in [1.82, 2.24) is 5.32 Å². The molecule has 1 aromatic rings. The first-order chi connectivity index (χ1) is 9.22. The minimum Gasteiger partial charge on any atom is -0.381 e. The maximum absolute atomic E-state index is 6.36. The van der Waals surface area contributed by atoms with Crippen LogP contribution in [0.5, 0.6) is 0 Å². The summed E-state index contributed by atoms with van der Waals surface area (Å²) in [5.74, 6) is 0. The van der Waals surface area contributed by atoms with Crippen molar-refractivity contribution in [3.05, 3.63) is 28.8 Å². The van der Waals surface area contributed by atoms with Gasteiger partial charge >= 0.3 is 0 Å². The highest BCUT2D eigenvalue weighted by atomic mass is 35.5. The summed E-state index contributed by atoms with van der Waals surface area (Å²) in [4.78, 5) is 2.32. The zero-order chi connectivity index (χ0) is 13.7. The fraction of sp³-hybridized carbons (Fsp3) is 0.600. The van der Waals surface area contributed by atoms with E-state index in [1.165, 1.54) is 5.69 Å². The van der Waals surface area contributed by atoms with Gasteiger partial charge in [-0.2, -0.15) is 0 Å². The molecule has 1 aliphatic heterocycles. The Labute approximate surface area is 120 Å². The van der Waals surface area contributed by atoms with Gasteiger partial charge < -0.3 is 15.0 Å². The van der Waals surface area contributed by atoms with E-state index < -0.39 is 0 Å². The lowest BCUT2D eigenvalue weighted by atomic mass is 10.1. The van der Waals surface area contributed by atoms with Crippen LogP contribution in [-0.4, -0.2) is 32.8 Å². The molecular weight excluding hydrogens is 260 g/mol. The number of nitrogens with zero attached hydrogens (tertiary/aromatic N) is 1. The average molecular weight is 283 g/mol. The summed E-state index contributed by atoms with van der Waals surface area (Å²) in [7, 11) is 2.14. The van der Waals surface area contributed by atoms with E-state index in [1.807, 2.05) is 0 Å². The Hall–Kier alpha value is -0.770. The molecule has 4 heteroatoms. The third-order valence-corrected chi connectivity index (χ3v) is 4.10. The van der Waals surface area contributed by atoms with Crippen molar-refractivity contribution < 1.29 is 4.74 Å². The van der Waals surface area contributed by atoms with Crippen LogP contribution < -0.4 is 10.2 Å². The molecule has 0 aliphatic carbocycles. The maximum atomic E-state index is 6.36. The predicted octanol–water partition coefficient (Wildman–Crippen LogP) is 3.06. The molecule has 1 saturated heterocycles. The molecule has 19 heavy (non-hydrogen) atoms. The quantitative estimate of drug-likeness (QED) is 0.898. The topological polar surface area (TPSA) is 24.5 Å². The lowest BCUT2D eigenvalue weighted by molar-refractivity contribution is 0.0855. The van der Waals surface area contributed by atoms with Crippen molar-refractivity contribution in [3.8, 4) is 0 Å². The van der Waals surface area contributed by atoms with E-state index in [1.54, 1.807) is 0 Å². The summed E-state index contributed by atoms with van der Waals surface area (Å²) in [5, 5.41) is 4.15. The van der Waals surface area contributed by atoms with Crippen LogP contribution in [0.25, 0.3) is 0 Å². The smallest absolute Gasteiger partial charge is 0.0485 e. The van der Waals surface area contributed by atoms with Gasteiger partial charge in [-0.15, -0.1) is 0 Å². The summed E-state index contributed by atoms with van der Waals surface area (Å²) < 4.78 is 5.41. The minimum atomic E-state index is 0.560. The molecule has 1 heterocycles. The standard InChI is InChI=1S/C15H23ClN2O/c1-3-17-11-12-4-5-14(10-15(12)16)18(2)13-6-8-19-9-7-13/h4-5,10,13,17H,3,6-9,11H2,1-2H3. The van der Waals surface area contributed by atoms with Crippen LogP contribution in [0, 0.1) is 0 Å². The number of nitrogens with one attached hydrogen (secondary N) is 1. The Bertz CT molecular complexity index is 405. The van der Waals surface area contributed by atoms with E-state index in [2.05, 4.69) is 42.4 Å². The average Bonchev–Trinajstić information content (AvgIpc) is 2.46. The fourth-order valence-corrected chi connectivity index (χ4v) is 2.68. The molecule has 1 fully saturated rings. The zero-order valence-electron chi connectivity index (χ0n) is 11.8. The van der Waals surface area contributed by atoms with Crippen molar-refractivity contribution in [3.63, 3.8) is 0 Å². The Morgan fingerprint density at radius 1 is 1.37 bits per heavy atom. The summed E-state index contributed by atoms with van der Waals surface area (Å²) in [6, 6.07) is 6.91. The van der Waals surface area contributed by atoms with Crippen LogP contribution in [0.1, 0.15) is 25.3 Å². The first kappa shape index (κ1) is 14.6. The number of benzene rings is 1. The van der Waals surface area contributed by atoms with Gasteiger partial charge in [-0.1, -0.05) is 24.6 Å².